The number of ketones is 3. The van der Waals surface area contributed by atoms with E-state index < -0.39 is 119 Å². The summed E-state index contributed by atoms with van der Waals surface area (Å²) in [5.74, 6) is -9.27. The first kappa shape index (κ1) is 74.5. The summed E-state index contributed by atoms with van der Waals surface area (Å²) >= 11 is 4.06. The van der Waals surface area contributed by atoms with Crippen LogP contribution in [0, 0.1) is 11.8 Å². The first-order chi connectivity index (χ1) is 44.0. The second-order valence-corrected chi connectivity index (χ2v) is 21.1. The molecule has 0 unspecified atom stereocenters. The van der Waals surface area contributed by atoms with Gasteiger partial charge in [0.1, 0.15) is 23.7 Å². The zero-order valence-electron chi connectivity index (χ0n) is 50.3. The van der Waals surface area contributed by atoms with Crippen LogP contribution in [0.3, 0.4) is 0 Å². The van der Waals surface area contributed by atoms with Crippen molar-refractivity contribution < 1.29 is 72.9 Å². The Balaban J connectivity index is 0.000000389. The van der Waals surface area contributed by atoms with E-state index in [-0.39, 0.29) is 104 Å². The predicted molar refractivity (Wildman–Crippen MR) is 333 cm³/mol. The maximum absolute atomic E-state index is 12.8. The second-order valence-electron chi connectivity index (χ2n) is 20.7. The molecule has 0 saturated heterocycles. The standard InChI is InChI=1S/C31H39N9O9S.C25H31N9O6.CO2/c1-15(14-50)36-28(46)17(11-24(43)44)10-23(42)21(32)8-6-20(41)7-9-22(30(48)49)38-27(45)16-2-4-18(5-3-16)34-12-19-13-35-26-25(37-19)29(47)40-31(33)39-26;1-3-13(24(39)40)8-18(35)12(2)31-22(37)17(26)11-30-21(36)14-4-6-15(7-5-14)28-9-16-10-29-20-19(32-16)23(38)34-25(27)33-20;2-1-3/h2-5,13,15,17,21-22,34,50H,6-12,14,32H2,1H3,(H,36,46)(H,38,45)(H,43,44)(H,48,49)(H3,33,35,39,40,47);4-7,10,12-13,17,28H,3,8-9,11,26H2,1-2H3,(H,30,36)(H,31,37)(H,39,40)(H3,27,29,33,34,38);/t15-,17+,21+,22+;12-,13+,17-;/m00./s1. The number of Topliss-reactive ketones (excluding diaryl/α,β-unsaturated/α-hetero) is 3. The van der Waals surface area contributed by atoms with Gasteiger partial charge in [-0.2, -0.15) is 32.2 Å². The highest BCUT2D eigenvalue weighted by atomic mass is 32.1. The normalized spacial score (nSPS) is 13.0. The SMILES string of the molecule is CC[C@H](CC(=O)[C@H](C)NC(=O)[C@@H](N)CNC(=O)c1ccc(NCc2cnc3nc(N)[nH]c(=O)c3n2)cc1)C(=O)O.C[C@@H](CS)NC(=O)[C@@H](CC(=O)O)CC(=O)[C@H](N)CCC(=O)CC[C@@H](NC(=O)c1ccc(NCc2cnc3nc(N)[nH]c(=O)c3n2)cc1)C(=O)O.O=C=O. The lowest BCUT2D eigenvalue weighted by molar-refractivity contribution is -0.192. The van der Waals surface area contributed by atoms with Gasteiger partial charge in [-0.15, -0.1) is 0 Å². The van der Waals surface area contributed by atoms with Crippen molar-refractivity contribution in [3.05, 3.63) is 104 Å². The number of hydrogen-bond donors (Lipinski definition) is 16. The number of amides is 4. The molecule has 6 rings (SSSR count). The number of nitrogens with two attached hydrogens (primary N) is 4. The van der Waals surface area contributed by atoms with Gasteiger partial charge in [-0.25, -0.2) is 24.7 Å². The van der Waals surface area contributed by atoms with Crippen molar-refractivity contribution in [1.29, 1.82) is 0 Å². The van der Waals surface area contributed by atoms with Gasteiger partial charge in [0.25, 0.3) is 22.9 Å². The molecule has 35 nitrogen and oxygen atoms in total. The Labute approximate surface area is 532 Å². The van der Waals surface area contributed by atoms with Gasteiger partial charge in [0, 0.05) is 66.5 Å². The minimum atomic E-state index is -1.38. The van der Waals surface area contributed by atoms with E-state index in [4.69, 9.17) is 42.7 Å². The summed E-state index contributed by atoms with van der Waals surface area (Å²) in [6.07, 6.45) is 1.55. The maximum atomic E-state index is 12.8. The smallest absolute Gasteiger partial charge is 0.373 e. The number of carbonyl (C=O) groups is 10. The summed E-state index contributed by atoms with van der Waals surface area (Å²) in [6.45, 7) is 5.04. The Hall–Kier alpha value is -11.0. The minimum Gasteiger partial charge on any atom is -0.481 e. The molecule has 2 aromatic carbocycles. The second kappa shape index (κ2) is 36.6. The summed E-state index contributed by atoms with van der Waals surface area (Å²) < 4.78 is 0. The fourth-order valence-electron chi connectivity index (χ4n) is 8.28. The van der Waals surface area contributed by atoms with Crippen molar-refractivity contribution in [2.24, 2.45) is 23.3 Å². The van der Waals surface area contributed by atoms with E-state index in [0.717, 1.165) is 0 Å². The van der Waals surface area contributed by atoms with Gasteiger partial charge in [0.2, 0.25) is 23.7 Å². The molecule has 6 aromatic rings. The van der Waals surface area contributed by atoms with E-state index >= 15 is 0 Å². The molecular weight excluding hydrogens is 1240 g/mol. The number of nitrogens with zero attached hydrogens (tertiary/aromatic N) is 6. The van der Waals surface area contributed by atoms with Crippen LogP contribution in [0.25, 0.3) is 22.3 Å². The lowest BCUT2D eigenvalue weighted by atomic mass is 9.92. The molecule has 36 heteroatoms. The number of carbonyl (C=O) groups excluding carboxylic acids is 9. The molecule has 0 fully saturated rings. The van der Waals surface area contributed by atoms with Crippen LogP contribution in [0.4, 0.5) is 23.3 Å². The van der Waals surface area contributed by atoms with E-state index in [9.17, 15) is 62.6 Å². The number of rotatable bonds is 33. The van der Waals surface area contributed by atoms with Crippen molar-refractivity contribution in [1.82, 2.24) is 61.1 Å². The molecule has 4 aromatic heterocycles. The lowest BCUT2D eigenvalue weighted by Crippen LogP contribution is -2.51. The quantitative estimate of drug-likeness (QED) is 0.0219. The molecule has 93 heavy (non-hydrogen) atoms. The van der Waals surface area contributed by atoms with E-state index in [2.05, 4.69) is 84.4 Å². The van der Waals surface area contributed by atoms with Gasteiger partial charge in [-0.05, 0) is 81.6 Å². The first-order valence-electron chi connectivity index (χ1n) is 28.3. The molecule has 0 saturated carbocycles. The number of anilines is 4. The van der Waals surface area contributed by atoms with Crippen LogP contribution in [0.5, 0.6) is 0 Å². The van der Waals surface area contributed by atoms with Crippen molar-refractivity contribution in [2.75, 3.05) is 34.4 Å². The number of carboxylic acids is 3. The number of aliphatic carboxylic acids is 3. The van der Waals surface area contributed by atoms with E-state index in [1.165, 1.54) is 31.5 Å². The molecule has 4 heterocycles. The third-order valence-electron chi connectivity index (χ3n) is 13.5. The number of nitrogen functional groups attached to an aromatic ring is 2. The fourth-order valence-corrected chi connectivity index (χ4v) is 8.37. The van der Waals surface area contributed by atoms with Gasteiger partial charge in [-0.3, -0.25) is 62.7 Å². The average molecular weight is 1310 g/mol. The van der Waals surface area contributed by atoms with Gasteiger partial charge in [0.15, 0.2) is 28.1 Å². The molecule has 0 spiro atoms. The number of thiol groups is 1. The van der Waals surface area contributed by atoms with Crippen LogP contribution in [0.2, 0.25) is 0 Å². The molecule has 0 bridgehead atoms. The largest absolute Gasteiger partial charge is 0.481 e. The number of carboxylic acid groups (broad SMARTS) is 3. The van der Waals surface area contributed by atoms with Crippen LogP contribution in [0.15, 0.2) is 70.5 Å². The Bertz CT molecular complexity index is 3830. The molecule has 19 N–H and O–H groups in total. The highest BCUT2D eigenvalue weighted by Gasteiger charge is 2.30. The summed E-state index contributed by atoms with van der Waals surface area (Å²) in [4.78, 5) is 191. The van der Waals surface area contributed by atoms with Crippen LogP contribution in [-0.2, 0) is 61.0 Å². The monoisotopic (exact) mass is 1310 g/mol. The van der Waals surface area contributed by atoms with Crippen LogP contribution < -0.4 is 66.0 Å². The van der Waals surface area contributed by atoms with Gasteiger partial charge < -0.3 is 70.2 Å². The number of fused-ring (bicyclic) bond motifs is 2. The Morgan fingerprint density at radius 1 is 0.613 bits per heavy atom. The third-order valence-corrected chi connectivity index (χ3v) is 14.1. The lowest BCUT2D eigenvalue weighted by Gasteiger charge is -2.19. The molecule has 0 aliphatic rings. The van der Waals surface area contributed by atoms with Crippen LogP contribution >= 0.6 is 12.6 Å². The molecule has 496 valence electrons. The predicted octanol–water partition coefficient (Wildman–Crippen LogP) is -1.01. The van der Waals surface area contributed by atoms with E-state index in [1.54, 1.807) is 50.2 Å². The van der Waals surface area contributed by atoms with Crippen molar-refractivity contribution in [3.63, 3.8) is 0 Å². The molecule has 4 amide bonds. The summed E-state index contributed by atoms with van der Waals surface area (Å²) in [5.41, 5.74) is 24.8. The molecule has 0 radical (unpaired) electrons. The molecular formula is C57H70N18O17S. The van der Waals surface area contributed by atoms with E-state index in [1.807, 2.05) is 0 Å². The number of aromatic nitrogens is 8. The van der Waals surface area contributed by atoms with Crippen molar-refractivity contribution >= 4 is 123 Å². The first-order valence-corrected chi connectivity index (χ1v) is 29.0. The van der Waals surface area contributed by atoms with E-state index in [0.29, 0.717) is 40.5 Å². The number of H-pyrrole nitrogens is 2. The van der Waals surface area contributed by atoms with Gasteiger partial charge in [-0.1, -0.05) is 6.92 Å². The fraction of sp³-hybridized carbons (Fsp3) is 0.386. The molecule has 0 aliphatic heterocycles. The average Bonchev–Trinajstić information content (AvgIpc) is 1.17. The number of aromatic amines is 2. The highest BCUT2D eigenvalue weighted by Crippen LogP contribution is 2.17. The number of benzene rings is 2. The number of hydrogen-bond acceptors (Lipinski definition) is 27. The Morgan fingerprint density at radius 3 is 1.56 bits per heavy atom. The van der Waals surface area contributed by atoms with Gasteiger partial charge >= 0.3 is 24.1 Å². The number of nitrogens with one attached hydrogen (secondary N) is 8. The summed E-state index contributed by atoms with van der Waals surface area (Å²) in [5, 5.41) is 44.1. The summed E-state index contributed by atoms with van der Waals surface area (Å²) in [7, 11) is 0. The topological polar surface area (TPSA) is 585 Å². The van der Waals surface area contributed by atoms with Crippen LogP contribution in [0.1, 0.15) is 104 Å². The minimum absolute atomic E-state index is 0.0273. The highest BCUT2D eigenvalue weighted by molar-refractivity contribution is 7.80. The van der Waals surface area contributed by atoms with Crippen molar-refractivity contribution in [2.45, 2.75) is 115 Å². The third kappa shape index (κ3) is 24.4. The maximum Gasteiger partial charge on any atom is 0.373 e. The zero-order chi connectivity index (χ0) is 69.1. The zero-order valence-corrected chi connectivity index (χ0v) is 51.2. The Morgan fingerprint density at radius 2 is 1.10 bits per heavy atom. The Kier molecular flexibility index (Phi) is 29.3. The molecule has 0 aliphatic carbocycles. The van der Waals surface area contributed by atoms with Gasteiger partial charge in [0.05, 0.1) is 67.2 Å². The molecule has 7 atom stereocenters. The van der Waals surface area contributed by atoms with Crippen LogP contribution in [-0.4, -0.2) is 163 Å². The van der Waals surface area contributed by atoms with Crippen molar-refractivity contribution in [3.8, 4) is 0 Å². The summed E-state index contributed by atoms with van der Waals surface area (Å²) in [6, 6.07) is 7.67.